The number of carboxylic acids is 1. The monoisotopic (exact) mass is 594 g/mol. The van der Waals surface area contributed by atoms with E-state index in [1.807, 2.05) is 24.3 Å². The smallest absolute Gasteiger partial charge is 0.475 e. The second-order valence-corrected chi connectivity index (χ2v) is 10.7. The molecule has 0 bridgehead atoms. The summed E-state index contributed by atoms with van der Waals surface area (Å²) >= 11 is 5.83. The fraction of sp³-hybridized carbons (Fsp3) is 0.375. The van der Waals surface area contributed by atoms with Crippen molar-refractivity contribution in [3.8, 4) is 0 Å². The maximum atomic E-state index is 13.1. The van der Waals surface area contributed by atoms with E-state index in [1.54, 1.807) is 11.9 Å². The van der Waals surface area contributed by atoms with Gasteiger partial charge in [-0.1, -0.05) is 35.9 Å². The van der Waals surface area contributed by atoms with E-state index >= 15 is 0 Å². The van der Waals surface area contributed by atoms with E-state index in [1.165, 1.54) is 0 Å². The van der Waals surface area contributed by atoms with Crippen molar-refractivity contribution in [1.29, 1.82) is 0 Å². The zero-order valence-electron chi connectivity index (χ0n) is 20.8. The van der Waals surface area contributed by atoms with Crippen LogP contribution < -0.4 is 10.6 Å². The Labute approximate surface area is 227 Å². The molecule has 1 amide bonds. The van der Waals surface area contributed by atoms with Crippen LogP contribution in [0.5, 0.6) is 0 Å². The van der Waals surface area contributed by atoms with Crippen LogP contribution in [0.3, 0.4) is 0 Å². The van der Waals surface area contributed by atoms with Gasteiger partial charge >= 0.3 is 12.1 Å². The Hall–Kier alpha value is -3.23. The Balaban J connectivity index is 0.000000673. The first-order valence-corrected chi connectivity index (χ1v) is 13.5. The molecule has 1 aliphatic rings. The SMILES string of the molecule is CN(CCc1ccc(C2=NCCN2)cc1)C(=O)CCNCS(=O)(=O)c1ccc(F)cc1Cl.O=C(O)C(F)(F)F. The number of nitrogens with zero attached hydrogens (tertiary/aromatic N) is 2. The van der Waals surface area contributed by atoms with Gasteiger partial charge in [-0.05, 0) is 30.2 Å². The average molecular weight is 595 g/mol. The minimum absolute atomic E-state index is 0.0872. The summed E-state index contributed by atoms with van der Waals surface area (Å²) in [7, 11) is -2.00. The lowest BCUT2D eigenvalue weighted by Crippen LogP contribution is -2.33. The molecular weight excluding hydrogens is 568 g/mol. The van der Waals surface area contributed by atoms with Crippen molar-refractivity contribution in [3.05, 3.63) is 64.4 Å². The number of amidine groups is 1. The molecule has 39 heavy (non-hydrogen) atoms. The summed E-state index contributed by atoms with van der Waals surface area (Å²) in [6.07, 6.45) is -4.21. The molecule has 0 saturated heterocycles. The third-order valence-corrected chi connectivity index (χ3v) is 7.38. The number of halogens is 5. The van der Waals surface area contributed by atoms with E-state index in [2.05, 4.69) is 15.6 Å². The first-order valence-electron chi connectivity index (χ1n) is 11.5. The molecule has 15 heteroatoms. The van der Waals surface area contributed by atoms with Crippen LogP contribution in [-0.2, 0) is 25.8 Å². The Bertz CT molecular complexity index is 1290. The van der Waals surface area contributed by atoms with Crippen LogP contribution in [0.25, 0.3) is 0 Å². The summed E-state index contributed by atoms with van der Waals surface area (Å²) in [5, 5.41) is 13.0. The molecule has 9 nitrogen and oxygen atoms in total. The van der Waals surface area contributed by atoms with E-state index in [0.717, 1.165) is 48.3 Å². The van der Waals surface area contributed by atoms with Crippen molar-refractivity contribution >= 4 is 39.2 Å². The number of carbonyl (C=O) groups excluding carboxylic acids is 1. The molecule has 0 saturated carbocycles. The van der Waals surface area contributed by atoms with Crippen LogP contribution in [0.15, 0.2) is 52.4 Å². The largest absolute Gasteiger partial charge is 0.490 e. The maximum absolute atomic E-state index is 13.1. The number of rotatable bonds is 10. The number of hydrogen-bond acceptors (Lipinski definition) is 7. The van der Waals surface area contributed by atoms with Gasteiger partial charge in [0.05, 0.1) is 16.5 Å². The van der Waals surface area contributed by atoms with Gasteiger partial charge < -0.3 is 20.6 Å². The highest BCUT2D eigenvalue weighted by atomic mass is 35.5. The zero-order chi connectivity index (χ0) is 29.2. The summed E-state index contributed by atoms with van der Waals surface area (Å²) in [5.41, 5.74) is 2.17. The number of benzene rings is 2. The van der Waals surface area contributed by atoms with Crippen molar-refractivity contribution in [1.82, 2.24) is 15.5 Å². The molecular formula is C24H27ClF4N4O5S. The summed E-state index contributed by atoms with van der Waals surface area (Å²) in [5.74, 6) is -2.92. The van der Waals surface area contributed by atoms with Gasteiger partial charge in [0.15, 0.2) is 9.84 Å². The van der Waals surface area contributed by atoms with E-state index in [9.17, 15) is 30.8 Å². The summed E-state index contributed by atoms with van der Waals surface area (Å²) in [6.45, 7) is 2.42. The number of sulfone groups is 1. The summed E-state index contributed by atoms with van der Waals surface area (Å²) in [4.78, 5) is 27.1. The molecule has 214 valence electrons. The van der Waals surface area contributed by atoms with E-state index in [0.29, 0.717) is 13.0 Å². The molecule has 0 aliphatic carbocycles. The van der Waals surface area contributed by atoms with E-state index in [-0.39, 0.29) is 34.7 Å². The molecule has 3 N–H and O–H groups in total. The molecule has 0 fully saturated rings. The highest BCUT2D eigenvalue weighted by Crippen LogP contribution is 2.22. The minimum Gasteiger partial charge on any atom is -0.475 e. The van der Waals surface area contributed by atoms with Crippen molar-refractivity contribution in [2.24, 2.45) is 4.99 Å². The second-order valence-electron chi connectivity index (χ2n) is 8.31. The Kier molecular flexibility index (Phi) is 11.7. The molecule has 0 unspecified atom stereocenters. The van der Waals surface area contributed by atoms with E-state index < -0.39 is 27.8 Å². The number of amides is 1. The fourth-order valence-electron chi connectivity index (χ4n) is 3.24. The maximum Gasteiger partial charge on any atom is 0.490 e. The lowest BCUT2D eigenvalue weighted by molar-refractivity contribution is -0.192. The first kappa shape index (κ1) is 32.0. The Morgan fingerprint density at radius 3 is 2.36 bits per heavy atom. The molecule has 2 aromatic carbocycles. The van der Waals surface area contributed by atoms with Gasteiger partial charge in [-0.2, -0.15) is 13.2 Å². The number of carboxylic acid groups (broad SMARTS) is 1. The molecule has 3 rings (SSSR count). The number of hydrogen-bond donors (Lipinski definition) is 3. The predicted molar refractivity (Wildman–Crippen MR) is 137 cm³/mol. The molecule has 0 atom stereocenters. The Morgan fingerprint density at radius 2 is 1.82 bits per heavy atom. The van der Waals surface area contributed by atoms with Crippen molar-refractivity contribution < 1.29 is 40.7 Å². The van der Waals surface area contributed by atoms with Gasteiger partial charge in [0.1, 0.15) is 17.5 Å². The highest BCUT2D eigenvalue weighted by molar-refractivity contribution is 7.91. The van der Waals surface area contributed by atoms with Crippen LogP contribution >= 0.6 is 11.6 Å². The van der Waals surface area contributed by atoms with Crippen molar-refractivity contribution in [2.75, 3.05) is 39.1 Å². The summed E-state index contributed by atoms with van der Waals surface area (Å²) < 4.78 is 69.5. The molecule has 0 aromatic heterocycles. The standard InChI is InChI=1S/C22H26ClFN4O3S.C2HF3O2/c1-28(13-9-16-2-4-17(5-3-16)22-26-11-12-27-22)21(29)8-10-25-15-32(30,31)20-7-6-18(24)14-19(20)23;3-2(4,5)1(6)7/h2-7,14,25H,8-13,15H2,1H3,(H,26,27);(H,6,7). The molecule has 2 aromatic rings. The lowest BCUT2D eigenvalue weighted by atomic mass is 10.1. The number of carbonyl (C=O) groups is 2. The number of aliphatic carboxylic acids is 1. The average Bonchev–Trinajstić information content (AvgIpc) is 3.40. The Morgan fingerprint density at radius 1 is 1.18 bits per heavy atom. The predicted octanol–water partition coefficient (Wildman–Crippen LogP) is 2.87. The normalized spacial score (nSPS) is 13.1. The van der Waals surface area contributed by atoms with E-state index in [4.69, 9.17) is 21.5 Å². The van der Waals surface area contributed by atoms with Gasteiger partial charge in [-0.25, -0.2) is 17.6 Å². The van der Waals surface area contributed by atoms with Gasteiger partial charge in [-0.15, -0.1) is 0 Å². The molecule has 1 aliphatic heterocycles. The minimum atomic E-state index is -5.08. The van der Waals surface area contributed by atoms with Crippen LogP contribution in [0.1, 0.15) is 17.5 Å². The molecule has 0 spiro atoms. The second kappa shape index (κ2) is 14.2. The number of aliphatic imine (C=N–C) groups is 1. The highest BCUT2D eigenvalue weighted by Gasteiger charge is 2.38. The molecule has 0 radical (unpaired) electrons. The third kappa shape index (κ3) is 10.5. The summed E-state index contributed by atoms with van der Waals surface area (Å²) in [6, 6.07) is 11.2. The third-order valence-electron chi connectivity index (χ3n) is 5.34. The first-order chi connectivity index (χ1) is 18.2. The zero-order valence-corrected chi connectivity index (χ0v) is 22.3. The van der Waals surface area contributed by atoms with Gasteiger partial charge in [0.2, 0.25) is 5.91 Å². The van der Waals surface area contributed by atoms with Gasteiger partial charge in [0.25, 0.3) is 0 Å². The van der Waals surface area contributed by atoms with Crippen LogP contribution in [0.2, 0.25) is 5.02 Å². The van der Waals surface area contributed by atoms with Crippen LogP contribution in [0.4, 0.5) is 17.6 Å². The van der Waals surface area contributed by atoms with Crippen molar-refractivity contribution in [3.63, 3.8) is 0 Å². The molecule has 1 heterocycles. The van der Waals surface area contributed by atoms with Gasteiger partial charge in [-0.3, -0.25) is 9.79 Å². The fourth-order valence-corrected chi connectivity index (χ4v) is 4.96. The van der Waals surface area contributed by atoms with Gasteiger partial charge in [0, 0.05) is 38.7 Å². The number of likely N-dealkylation sites (N-methyl/N-ethyl adjacent to an activating group) is 1. The van der Waals surface area contributed by atoms with Crippen molar-refractivity contribution in [2.45, 2.75) is 23.9 Å². The number of nitrogens with one attached hydrogen (secondary N) is 2. The quantitative estimate of drug-likeness (QED) is 0.219. The number of alkyl halides is 3. The van der Waals surface area contributed by atoms with Crippen LogP contribution in [0, 0.1) is 5.82 Å². The lowest BCUT2D eigenvalue weighted by Gasteiger charge is -2.17. The van der Waals surface area contributed by atoms with Crippen LogP contribution in [-0.4, -0.2) is 81.4 Å². The topological polar surface area (TPSA) is 128 Å².